The van der Waals surface area contributed by atoms with E-state index < -0.39 is 5.54 Å². The Morgan fingerprint density at radius 3 is 2.54 bits per heavy atom. The SMILES string of the molecule is Cc1cc(C(C)(N)CO)ccc1O. The monoisotopic (exact) mass is 181 g/mol. The Kier molecular flexibility index (Phi) is 2.59. The minimum absolute atomic E-state index is 0.114. The maximum Gasteiger partial charge on any atom is 0.118 e. The fourth-order valence-electron chi connectivity index (χ4n) is 1.10. The second-order valence-corrected chi connectivity index (χ2v) is 3.58. The molecule has 0 aliphatic carbocycles. The molecule has 0 spiro atoms. The predicted molar refractivity (Wildman–Crippen MR) is 51.5 cm³/mol. The van der Waals surface area contributed by atoms with Crippen LogP contribution in [0.1, 0.15) is 18.1 Å². The molecule has 0 bridgehead atoms. The lowest BCUT2D eigenvalue weighted by molar-refractivity contribution is 0.210. The number of aromatic hydroxyl groups is 1. The molecule has 0 amide bonds. The quantitative estimate of drug-likeness (QED) is 0.634. The number of aliphatic hydroxyl groups excluding tert-OH is 1. The van der Waals surface area contributed by atoms with Gasteiger partial charge in [0.25, 0.3) is 0 Å². The van der Waals surface area contributed by atoms with Crippen molar-refractivity contribution in [3.05, 3.63) is 29.3 Å². The highest BCUT2D eigenvalue weighted by atomic mass is 16.3. The van der Waals surface area contributed by atoms with Crippen LogP contribution in [0.2, 0.25) is 0 Å². The highest BCUT2D eigenvalue weighted by Gasteiger charge is 2.20. The number of phenols is 1. The van der Waals surface area contributed by atoms with Crippen LogP contribution in [0, 0.1) is 6.92 Å². The van der Waals surface area contributed by atoms with E-state index in [9.17, 15) is 5.11 Å². The van der Waals surface area contributed by atoms with Gasteiger partial charge in [-0.1, -0.05) is 12.1 Å². The lowest BCUT2D eigenvalue weighted by Gasteiger charge is -2.22. The molecule has 1 atom stereocenters. The van der Waals surface area contributed by atoms with E-state index in [1.54, 1.807) is 32.0 Å². The zero-order chi connectivity index (χ0) is 10.1. The lowest BCUT2D eigenvalue weighted by atomic mass is 9.93. The van der Waals surface area contributed by atoms with Crippen molar-refractivity contribution in [3.63, 3.8) is 0 Å². The molecule has 0 aliphatic rings. The van der Waals surface area contributed by atoms with E-state index in [0.29, 0.717) is 0 Å². The van der Waals surface area contributed by atoms with E-state index in [2.05, 4.69) is 0 Å². The van der Waals surface area contributed by atoms with Crippen molar-refractivity contribution < 1.29 is 10.2 Å². The van der Waals surface area contributed by atoms with Gasteiger partial charge in [-0.05, 0) is 31.0 Å². The number of rotatable bonds is 2. The second-order valence-electron chi connectivity index (χ2n) is 3.58. The highest BCUT2D eigenvalue weighted by Crippen LogP contribution is 2.23. The first kappa shape index (κ1) is 10.0. The van der Waals surface area contributed by atoms with Gasteiger partial charge in [0, 0.05) is 0 Å². The molecule has 0 heterocycles. The van der Waals surface area contributed by atoms with Crippen LogP contribution in [0.25, 0.3) is 0 Å². The minimum atomic E-state index is -0.738. The number of hydrogen-bond acceptors (Lipinski definition) is 3. The Balaban J connectivity index is 3.10. The maximum absolute atomic E-state index is 9.28. The van der Waals surface area contributed by atoms with Crippen LogP contribution < -0.4 is 5.73 Å². The fourth-order valence-corrected chi connectivity index (χ4v) is 1.10. The van der Waals surface area contributed by atoms with Crippen molar-refractivity contribution in [2.24, 2.45) is 5.73 Å². The number of hydrogen-bond donors (Lipinski definition) is 3. The third-order valence-electron chi connectivity index (χ3n) is 2.18. The number of benzene rings is 1. The Hall–Kier alpha value is -1.06. The average Bonchev–Trinajstić information content (AvgIpc) is 2.09. The zero-order valence-electron chi connectivity index (χ0n) is 7.91. The van der Waals surface area contributed by atoms with E-state index in [4.69, 9.17) is 10.8 Å². The molecular weight excluding hydrogens is 166 g/mol. The second kappa shape index (κ2) is 3.36. The van der Waals surface area contributed by atoms with E-state index in [1.165, 1.54) is 0 Å². The molecule has 0 aromatic heterocycles. The van der Waals surface area contributed by atoms with Crippen molar-refractivity contribution >= 4 is 0 Å². The van der Waals surface area contributed by atoms with Crippen LogP contribution in [-0.2, 0) is 5.54 Å². The van der Waals surface area contributed by atoms with Crippen LogP contribution in [-0.4, -0.2) is 16.8 Å². The summed E-state index contributed by atoms with van der Waals surface area (Å²) < 4.78 is 0. The minimum Gasteiger partial charge on any atom is -0.508 e. The van der Waals surface area contributed by atoms with Gasteiger partial charge in [0.05, 0.1) is 12.1 Å². The van der Waals surface area contributed by atoms with Crippen molar-refractivity contribution in [1.29, 1.82) is 0 Å². The third kappa shape index (κ3) is 1.99. The van der Waals surface area contributed by atoms with Crippen LogP contribution in [0.15, 0.2) is 18.2 Å². The van der Waals surface area contributed by atoms with Crippen LogP contribution in [0.4, 0.5) is 0 Å². The van der Waals surface area contributed by atoms with Gasteiger partial charge in [-0.2, -0.15) is 0 Å². The summed E-state index contributed by atoms with van der Waals surface area (Å²) in [5.41, 5.74) is 6.68. The van der Waals surface area contributed by atoms with Gasteiger partial charge < -0.3 is 15.9 Å². The average molecular weight is 181 g/mol. The molecule has 1 aromatic rings. The summed E-state index contributed by atoms with van der Waals surface area (Å²) >= 11 is 0. The standard InChI is InChI=1S/C10H15NO2/c1-7-5-8(3-4-9(7)13)10(2,11)6-12/h3-5,12-13H,6,11H2,1-2H3. The van der Waals surface area contributed by atoms with E-state index >= 15 is 0 Å². The summed E-state index contributed by atoms with van der Waals surface area (Å²) in [6.45, 7) is 3.43. The van der Waals surface area contributed by atoms with Gasteiger partial charge in [0.2, 0.25) is 0 Å². The maximum atomic E-state index is 9.28. The molecule has 13 heavy (non-hydrogen) atoms. The van der Waals surface area contributed by atoms with Crippen molar-refractivity contribution in [3.8, 4) is 5.75 Å². The van der Waals surface area contributed by atoms with Gasteiger partial charge in [0.1, 0.15) is 5.75 Å². The summed E-state index contributed by atoms with van der Waals surface area (Å²) in [5, 5.41) is 18.3. The zero-order valence-corrected chi connectivity index (χ0v) is 7.91. The van der Waals surface area contributed by atoms with Gasteiger partial charge in [0.15, 0.2) is 0 Å². The summed E-state index contributed by atoms with van der Waals surface area (Å²) in [6.07, 6.45) is 0. The van der Waals surface area contributed by atoms with Crippen molar-refractivity contribution in [2.75, 3.05) is 6.61 Å². The molecule has 0 aliphatic heterocycles. The first-order chi connectivity index (χ1) is 5.97. The molecular formula is C10H15NO2. The summed E-state index contributed by atoms with van der Waals surface area (Å²) in [4.78, 5) is 0. The Labute approximate surface area is 77.8 Å². The molecule has 1 rings (SSSR count). The third-order valence-corrected chi connectivity index (χ3v) is 2.18. The molecule has 0 radical (unpaired) electrons. The first-order valence-corrected chi connectivity index (χ1v) is 4.17. The van der Waals surface area contributed by atoms with E-state index in [1.807, 2.05) is 0 Å². The molecule has 4 N–H and O–H groups in total. The molecule has 3 nitrogen and oxygen atoms in total. The molecule has 0 saturated heterocycles. The van der Waals surface area contributed by atoms with Gasteiger partial charge in [-0.3, -0.25) is 0 Å². The van der Waals surface area contributed by atoms with Crippen molar-refractivity contribution in [1.82, 2.24) is 0 Å². The van der Waals surface area contributed by atoms with E-state index in [-0.39, 0.29) is 12.4 Å². The largest absolute Gasteiger partial charge is 0.508 e. The molecule has 72 valence electrons. The fraction of sp³-hybridized carbons (Fsp3) is 0.400. The molecule has 0 saturated carbocycles. The summed E-state index contributed by atoms with van der Waals surface area (Å²) in [5.74, 6) is 0.248. The normalized spacial score (nSPS) is 15.4. The summed E-state index contributed by atoms with van der Waals surface area (Å²) in [6, 6.07) is 5.09. The van der Waals surface area contributed by atoms with Gasteiger partial charge in [-0.15, -0.1) is 0 Å². The number of aliphatic hydroxyl groups is 1. The molecule has 1 unspecified atom stereocenters. The summed E-state index contributed by atoms with van der Waals surface area (Å²) in [7, 11) is 0. The topological polar surface area (TPSA) is 66.5 Å². The van der Waals surface area contributed by atoms with Crippen LogP contribution in [0.5, 0.6) is 5.75 Å². The van der Waals surface area contributed by atoms with Crippen LogP contribution >= 0.6 is 0 Å². The smallest absolute Gasteiger partial charge is 0.118 e. The molecule has 3 heteroatoms. The Bertz CT molecular complexity index is 308. The number of aryl methyl sites for hydroxylation is 1. The number of phenolic OH excluding ortho intramolecular Hbond substituents is 1. The first-order valence-electron chi connectivity index (χ1n) is 4.17. The lowest BCUT2D eigenvalue weighted by Crippen LogP contribution is -2.36. The molecule has 1 aromatic carbocycles. The molecule has 0 fully saturated rings. The Morgan fingerprint density at radius 1 is 1.46 bits per heavy atom. The van der Waals surface area contributed by atoms with E-state index in [0.717, 1.165) is 11.1 Å². The number of nitrogens with two attached hydrogens (primary N) is 1. The highest BCUT2D eigenvalue weighted by molar-refractivity contribution is 5.37. The Morgan fingerprint density at radius 2 is 2.08 bits per heavy atom. The van der Waals surface area contributed by atoms with Gasteiger partial charge in [-0.25, -0.2) is 0 Å². The van der Waals surface area contributed by atoms with Crippen LogP contribution in [0.3, 0.4) is 0 Å². The van der Waals surface area contributed by atoms with Crippen molar-refractivity contribution in [2.45, 2.75) is 19.4 Å². The predicted octanol–water partition coefficient (Wildman–Crippen LogP) is 0.867. The van der Waals surface area contributed by atoms with Gasteiger partial charge >= 0.3 is 0 Å².